The number of hydrogen-bond acceptors (Lipinski definition) is 3. The zero-order chi connectivity index (χ0) is 17.1. The minimum absolute atomic E-state index is 0.529. The molecule has 0 spiro atoms. The molecule has 3 unspecified atom stereocenters. The highest BCUT2D eigenvalue weighted by molar-refractivity contribution is 5.48. The van der Waals surface area contributed by atoms with Crippen molar-refractivity contribution in [3.8, 4) is 0 Å². The summed E-state index contributed by atoms with van der Waals surface area (Å²) in [5.74, 6) is 2.42. The molecule has 0 radical (unpaired) electrons. The van der Waals surface area contributed by atoms with Crippen LogP contribution in [0.1, 0.15) is 56.9 Å². The Balaban J connectivity index is 1.37. The van der Waals surface area contributed by atoms with E-state index in [1.54, 1.807) is 0 Å². The predicted molar refractivity (Wildman–Crippen MR) is 105 cm³/mol. The molecule has 4 rings (SSSR count). The van der Waals surface area contributed by atoms with Crippen molar-refractivity contribution in [1.82, 2.24) is 4.98 Å². The average molecular weight is 335 g/mol. The van der Waals surface area contributed by atoms with Crippen LogP contribution in [0.4, 0.5) is 11.5 Å². The van der Waals surface area contributed by atoms with Gasteiger partial charge in [0.1, 0.15) is 5.82 Å². The quantitative estimate of drug-likeness (QED) is 0.765. The Morgan fingerprint density at radius 2 is 1.72 bits per heavy atom. The summed E-state index contributed by atoms with van der Waals surface area (Å²) >= 11 is 0. The van der Waals surface area contributed by atoms with Gasteiger partial charge in [0.05, 0.1) is 11.9 Å². The summed E-state index contributed by atoms with van der Waals surface area (Å²) in [6.07, 6.45) is 9.63. The van der Waals surface area contributed by atoms with Crippen molar-refractivity contribution >= 4 is 11.5 Å². The SMILES string of the molecule is CC1CC(Nc2ccc(NC3CCC3)nc2)CC(c2ccccc2)C1. The van der Waals surface area contributed by atoms with Crippen LogP contribution in [0.2, 0.25) is 0 Å². The molecule has 0 saturated heterocycles. The molecule has 132 valence electrons. The highest BCUT2D eigenvalue weighted by atomic mass is 15.0. The number of rotatable bonds is 5. The van der Waals surface area contributed by atoms with Crippen molar-refractivity contribution in [2.75, 3.05) is 10.6 Å². The van der Waals surface area contributed by atoms with Gasteiger partial charge in [-0.2, -0.15) is 0 Å². The Bertz CT molecular complexity index is 663. The van der Waals surface area contributed by atoms with Crippen LogP contribution >= 0.6 is 0 Å². The van der Waals surface area contributed by atoms with Gasteiger partial charge in [-0.1, -0.05) is 37.3 Å². The summed E-state index contributed by atoms with van der Waals surface area (Å²) in [4.78, 5) is 4.59. The molecule has 3 nitrogen and oxygen atoms in total. The van der Waals surface area contributed by atoms with E-state index in [0.29, 0.717) is 18.0 Å². The molecule has 2 N–H and O–H groups in total. The highest BCUT2D eigenvalue weighted by Gasteiger charge is 2.27. The second-order valence-corrected chi connectivity index (χ2v) is 7.97. The van der Waals surface area contributed by atoms with Gasteiger partial charge in [-0.05, 0) is 68.1 Å². The van der Waals surface area contributed by atoms with E-state index in [2.05, 4.69) is 65.0 Å². The monoisotopic (exact) mass is 335 g/mol. The molecule has 2 aliphatic rings. The Hall–Kier alpha value is -2.03. The van der Waals surface area contributed by atoms with Gasteiger partial charge < -0.3 is 10.6 Å². The van der Waals surface area contributed by atoms with Crippen LogP contribution < -0.4 is 10.6 Å². The highest BCUT2D eigenvalue weighted by Crippen LogP contribution is 2.37. The zero-order valence-corrected chi connectivity index (χ0v) is 15.1. The van der Waals surface area contributed by atoms with E-state index in [0.717, 1.165) is 17.4 Å². The van der Waals surface area contributed by atoms with Crippen LogP contribution in [0, 0.1) is 5.92 Å². The fourth-order valence-corrected chi connectivity index (χ4v) is 4.28. The first-order valence-electron chi connectivity index (χ1n) is 9.80. The Labute approximate surface area is 151 Å². The van der Waals surface area contributed by atoms with E-state index in [1.807, 2.05) is 6.20 Å². The van der Waals surface area contributed by atoms with Crippen LogP contribution in [-0.2, 0) is 0 Å². The number of hydrogen-bond donors (Lipinski definition) is 2. The summed E-state index contributed by atoms with van der Waals surface area (Å²) in [6.45, 7) is 2.38. The molecule has 1 aromatic heterocycles. The molecule has 0 bridgehead atoms. The standard InChI is InChI=1S/C22H29N3/c1-16-12-18(17-6-3-2-4-7-17)14-21(13-16)24-20-10-11-22(23-15-20)25-19-8-5-9-19/h2-4,6-7,10-11,15-16,18-19,21,24H,5,8-9,12-14H2,1H3,(H,23,25). The summed E-state index contributed by atoms with van der Waals surface area (Å²) in [6, 6.07) is 16.4. The van der Waals surface area contributed by atoms with Crippen LogP contribution in [0.5, 0.6) is 0 Å². The van der Waals surface area contributed by atoms with Gasteiger partial charge in [0.25, 0.3) is 0 Å². The van der Waals surface area contributed by atoms with E-state index in [4.69, 9.17) is 0 Å². The summed E-state index contributed by atoms with van der Waals surface area (Å²) in [5.41, 5.74) is 2.63. The number of aromatic nitrogens is 1. The smallest absolute Gasteiger partial charge is 0.126 e. The van der Waals surface area contributed by atoms with Gasteiger partial charge >= 0.3 is 0 Å². The van der Waals surface area contributed by atoms with Crippen LogP contribution in [-0.4, -0.2) is 17.1 Å². The molecule has 2 aliphatic carbocycles. The fraction of sp³-hybridized carbons (Fsp3) is 0.500. The molecule has 1 heterocycles. The van der Waals surface area contributed by atoms with E-state index in [9.17, 15) is 0 Å². The van der Waals surface area contributed by atoms with E-state index < -0.39 is 0 Å². The number of benzene rings is 1. The second-order valence-electron chi connectivity index (χ2n) is 7.97. The predicted octanol–water partition coefficient (Wildman–Crippen LogP) is 5.43. The minimum atomic E-state index is 0.529. The lowest BCUT2D eigenvalue weighted by Crippen LogP contribution is -2.30. The number of anilines is 2. The Morgan fingerprint density at radius 1 is 0.880 bits per heavy atom. The van der Waals surface area contributed by atoms with Gasteiger partial charge in [0.2, 0.25) is 0 Å². The second kappa shape index (κ2) is 7.47. The van der Waals surface area contributed by atoms with E-state index in [-0.39, 0.29) is 0 Å². The molecule has 1 aromatic carbocycles. The zero-order valence-electron chi connectivity index (χ0n) is 15.1. The molecule has 3 heteroatoms. The first-order chi connectivity index (χ1) is 12.3. The molecular formula is C22H29N3. The third-order valence-corrected chi connectivity index (χ3v) is 5.81. The van der Waals surface area contributed by atoms with Gasteiger partial charge in [0.15, 0.2) is 0 Å². The molecule has 25 heavy (non-hydrogen) atoms. The van der Waals surface area contributed by atoms with Crippen molar-refractivity contribution in [3.05, 3.63) is 54.2 Å². The third-order valence-electron chi connectivity index (χ3n) is 5.81. The van der Waals surface area contributed by atoms with Crippen molar-refractivity contribution < 1.29 is 0 Å². The maximum atomic E-state index is 4.59. The van der Waals surface area contributed by atoms with Crippen LogP contribution in [0.3, 0.4) is 0 Å². The van der Waals surface area contributed by atoms with E-state index in [1.165, 1.54) is 44.1 Å². The molecule has 0 amide bonds. The van der Waals surface area contributed by atoms with Gasteiger partial charge in [-0.25, -0.2) is 4.98 Å². The topological polar surface area (TPSA) is 37.0 Å². The minimum Gasteiger partial charge on any atom is -0.381 e. The van der Waals surface area contributed by atoms with Crippen LogP contribution in [0.15, 0.2) is 48.7 Å². The summed E-state index contributed by atoms with van der Waals surface area (Å²) < 4.78 is 0. The first kappa shape index (κ1) is 16.4. The fourth-order valence-electron chi connectivity index (χ4n) is 4.28. The number of nitrogens with one attached hydrogen (secondary N) is 2. The van der Waals surface area contributed by atoms with Crippen molar-refractivity contribution in [3.63, 3.8) is 0 Å². The molecule has 2 fully saturated rings. The van der Waals surface area contributed by atoms with Crippen molar-refractivity contribution in [1.29, 1.82) is 0 Å². The van der Waals surface area contributed by atoms with E-state index >= 15 is 0 Å². The maximum absolute atomic E-state index is 4.59. The van der Waals surface area contributed by atoms with Crippen molar-refractivity contribution in [2.24, 2.45) is 5.92 Å². The first-order valence-corrected chi connectivity index (χ1v) is 9.80. The lowest BCUT2D eigenvalue weighted by Gasteiger charge is -2.34. The lowest BCUT2D eigenvalue weighted by molar-refractivity contribution is 0.321. The summed E-state index contributed by atoms with van der Waals surface area (Å²) in [5, 5.41) is 7.24. The Morgan fingerprint density at radius 3 is 2.40 bits per heavy atom. The summed E-state index contributed by atoms with van der Waals surface area (Å²) in [7, 11) is 0. The maximum Gasteiger partial charge on any atom is 0.126 e. The average Bonchev–Trinajstić information content (AvgIpc) is 2.60. The number of nitrogens with zero attached hydrogens (tertiary/aromatic N) is 1. The molecular weight excluding hydrogens is 306 g/mol. The third kappa shape index (κ3) is 4.15. The van der Waals surface area contributed by atoms with Gasteiger partial charge in [-0.3, -0.25) is 0 Å². The Kier molecular flexibility index (Phi) is 4.91. The molecule has 3 atom stereocenters. The number of pyridine rings is 1. The van der Waals surface area contributed by atoms with Gasteiger partial charge in [0, 0.05) is 12.1 Å². The molecule has 0 aliphatic heterocycles. The normalized spacial score (nSPS) is 26.7. The lowest BCUT2D eigenvalue weighted by atomic mass is 9.76. The van der Waals surface area contributed by atoms with Crippen LogP contribution in [0.25, 0.3) is 0 Å². The molecule has 2 saturated carbocycles. The van der Waals surface area contributed by atoms with Crippen molar-refractivity contribution in [2.45, 2.75) is 63.5 Å². The molecule has 2 aromatic rings. The largest absolute Gasteiger partial charge is 0.381 e. The van der Waals surface area contributed by atoms with Gasteiger partial charge in [-0.15, -0.1) is 0 Å².